The molecule has 0 amide bonds. The largest absolute Gasteiger partial charge is 0.452 e. The molecule has 0 saturated carbocycles. The summed E-state index contributed by atoms with van der Waals surface area (Å²) in [6.45, 7) is 11.3. The molecule has 0 aliphatic rings. The third-order valence-corrected chi connectivity index (χ3v) is 9.81. The van der Waals surface area contributed by atoms with Crippen LogP contribution in [0.25, 0.3) is 83.1 Å². The zero-order chi connectivity index (χ0) is 32.7. The lowest BCUT2D eigenvalue weighted by Crippen LogP contribution is -2.09. The molecule has 9 rings (SSSR count). The smallest absolute Gasteiger partial charge is 0.178 e. The Labute approximate surface area is 279 Å². The monoisotopic (exact) mass is 624 g/mol. The average Bonchev–Trinajstić information content (AvgIpc) is 3.79. The Bertz CT molecular complexity index is 2660. The maximum Gasteiger partial charge on any atom is 0.178 e. The van der Waals surface area contributed by atoms with Crippen LogP contribution < -0.4 is 0 Å². The Balaban J connectivity index is 1.38. The molecule has 3 aromatic heterocycles. The summed E-state index contributed by atoms with van der Waals surface area (Å²) in [4.78, 5) is 5.40. The van der Waals surface area contributed by atoms with Crippen molar-refractivity contribution in [1.82, 2.24) is 9.55 Å². The van der Waals surface area contributed by atoms with Gasteiger partial charge in [-0.05, 0) is 95.1 Å². The highest BCUT2D eigenvalue weighted by Crippen LogP contribution is 2.44. The van der Waals surface area contributed by atoms with Gasteiger partial charge in [-0.15, -0.1) is 0 Å². The fourth-order valence-electron chi connectivity index (χ4n) is 7.43. The summed E-state index contributed by atoms with van der Waals surface area (Å²) in [6.07, 6.45) is 0. The summed E-state index contributed by atoms with van der Waals surface area (Å²) >= 11 is 0. The van der Waals surface area contributed by atoms with Gasteiger partial charge in [-0.1, -0.05) is 94.4 Å². The van der Waals surface area contributed by atoms with Crippen molar-refractivity contribution in [2.75, 3.05) is 0 Å². The molecule has 4 nitrogen and oxygen atoms in total. The molecule has 0 bridgehead atoms. The average molecular weight is 625 g/mol. The highest BCUT2D eigenvalue weighted by molar-refractivity contribution is 6.20. The van der Waals surface area contributed by atoms with E-state index in [4.69, 9.17) is 13.8 Å². The molecule has 0 atom stereocenters. The van der Waals surface area contributed by atoms with E-state index in [1.807, 2.05) is 18.2 Å². The second-order valence-electron chi connectivity index (χ2n) is 13.6. The molecule has 0 aliphatic carbocycles. The number of rotatable bonds is 5. The molecule has 4 heteroatoms. The van der Waals surface area contributed by atoms with E-state index in [1.54, 1.807) is 0 Å². The van der Waals surface area contributed by atoms with Gasteiger partial charge >= 0.3 is 0 Å². The van der Waals surface area contributed by atoms with Crippen molar-refractivity contribution in [3.63, 3.8) is 0 Å². The summed E-state index contributed by atoms with van der Waals surface area (Å²) < 4.78 is 15.7. The zero-order valence-corrected chi connectivity index (χ0v) is 27.8. The first kappa shape index (κ1) is 28.6. The highest BCUT2D eigenvalue weighted by atomic mass is 16.4. The van der Waals surface area contributed by atoms with Crippen LogP contribution in [-0.2, 0) is 0 Å². The predicted molar refractivity (Wildman–Crippen MR) is 199 cm³/mol. The van der Waals surface area contributed by atoms with E-state index in [2.05, 4.69) is 136 Å². The lowest BCUT2D eigenvalue weighted by atomic mass is 9.88. The number of benzene rings is 6. The molecule has 234 valence electrons. The first-order chi connectivity index (χ1) is 23.4. The second kappa shape index (κ2) is 10.7. The quantitative estimate of drug-likeness (QED) is 0.191. The van der Waals surface area contributed by atoms with E-state index in [9.17, 15) is 0 Å². The van der Waals surface area contributed by atoms with Crippen LogP contribution in [0.1, 0.15) is 56.2 Å². The fraction of sp³-hybridized carbons (Fsp3) is 0.159. The molecular formula is C44H36N2O2. The third kappa shape index (κ3) is 4.25. The molecule has 3 heterocycles. The molecule has 0 saturated heterocycles. The van der Waals surface area contributed by atoms with Crippen LogP contribution in [0.15, 0.2) is 124 Å². The van der Waals surface area contributed by atoms with Gasteiger partial charge in [0.05, 0.1) is 22.3 Å². The molecular weight excluding hydrogens is 588 g/mol. The molecule has 0 radical (unpaired) electrons. The topological polar surface area (TPSA) is 44.1 Å². The van der Waals surface area contributed by atoms with Gasteiger partial charge in [0.15, 0.2) is 11.2 Å². The number of para-hydroxylation sites is 2. The van der Waals surface area contributed by atoms with Crippen LogP contribution in [0.2, 0.25) is 0 Å². The summed E-state index contributed by atoms with van der Waals surface area (Å²) in [7, 11) is 0. The number of aromatic nitrogens is 2. The Morgan fingerprint density at radius 1 is 0.562 bits per heavy atom. The number of hydrogen-bond donors (Lipinski definition) is 0. The molecule has 0 aliphatic heterocycles. The van der Waals surface area contributed by atoms with E-state index >= 15 is 0 Å². The van der Waals surface area contributed by atoms with Crippen LogP contribution in [0.4, 0.5) is 0 Å². The van der Waals surface area contributed by atoms with E-state index < -0.39 is 0 Å². The Morgan fingerprint density at radius 2 is 1.21 bits per heavy atom. The molecule has 48 heavy (non-hydrogen) atoms. The van der Waals surface area contributed by atoms with Gasteiger partial charge in [0.25, 0.3) is 0 Å². The van der Waals surface area contributed by atoms with Crippen LogP contribution in [-0.4, -0.2) is 9.55 Å². The number of aryl methyl sites for hydroxylation is 1. The van der Waals surface area contributed by atoms with Gasteiger partial charge in [-0.3, -0.25) is 4.57 Å². The van der Waals surface area contributed by atoms with Crippen molar-refractivity contribution >= 4 is 54.9 Å². The van der Waals surface area contributed by atoms with Crippen molar-refractivity contribution in [3.8, 4) is 28.2 Å². The fourth-order valence-corrected chi connectivity index (χ4v) is 7.43. The number of nitrogens with zero attached hydrogens (tertiary/aromatic N) is 2. The van der Waals surface area contributed by atoms with Crippen LogP contribution in [0, 0.1) is 6.92 Å². The minimum atomic E-state index is 0.278. The van der Waals surface area contributed by atoms with Crippen LogP contribution >= 0.6 is 0 Å². The van der Waals surface area contributed by atoms with Crippen molar-refractivity contribution in [2.24, 2.45) is 0 Å². The first-order valence-corrected chi connectivity index (χ1v) is 16.9. The zero-order valence-electron chi connectivity index (χ0n) is 27.8. The number of furan rings is 2. The van der Waals surface area contributed by atoms with E-state index in [1.165, 1.54) is 33.5 Å². The lowest BCUT2D eigenvalue weighted by Gasteiger charge is -2.24. The molecule has 0 fully saturated rings. The molecule has 0 spiro atoms. The minimum Gasteiger partial charge on any atom is -0.452 e. The summed E-state index contributed by atoms with van der Waals surface area (Å²) in [6, 6.07) is 41.0. The minimum absolute atomic E-state index is 0.278. The highest BCUT2D eigenvalue weighted by Gasteiger charge is 2.26. The van der Waals surface area contributed by atoms with Gasteiger partial charge in [0.1, 0.15) is 17.0 Å². The number of fused-ring (bicyclic) bond motifs is 8. The normalized spacial score (nSPS) is 12.2. The molecule has 6 aromatic carbocycles. The van der Waals surface area contributed by atoms with E-state index in [0.717, 1.165) is 66.3 Å². The summed E-state index contributed by atoms with van der Waals surface area (Å²) in [5.74, 6) is 1.43. The van der Waals surface area contributed by atoms with E-state index in [0.29, 0.717) is 0 Å². The Morgan fingerprint density at radius 3 is 1.96 bits per heavy atom. The third-order valence-electron chi connectivity index (χ3n) is 9.81. The molecule has 0 unspecified atom stereocenters. The maximum atomic E-state index is 6.88. The van der Waals surface area contributed by atoms with Gasteiger partial charge in [0, 0.05) is 21.5 Å². The van der Waals surface area contributed by atoms with Crippen LogP contribution in [0.3, 0.4) is 0 Å². The second-order valence-corrected chi connectivity index (χ2v) is 13.6. The van der Waals surface area contributed by atoms with Crippen molar-refractivity contribution in [1.29, 1.82) is 0 Å². The predicted octanol–water partition coefficient (Wildman–Crippen LogP) is 12.7. The number of hydrogen-bond acceptors (Lipinski definition) is 3. The SMILES string of the molecule is Cc1ccc2c(c1)nc(-c1cccc3c1oc1c3ccc3c4ccccc4oc31)n2-c1c(C(C)C)cc(-c2ccccc2)cc1C(C)C. The standard InChI is InChI=1S/C44H36N2O2/c1-25(2)35-23-29(28-12-7-6-8-13-28)24-36(26(3)4)40(35)46-38-21-18-27(5)22-37(38)45-44(46)34-16-11-15-31-33-20-19-32-30-14-9-10-17-39(30)47-42(32)43(33)48-41(31)34/h6-26H,1-5H3. The lowest BCUT2D eigenvalue weighted by molar-refractivity contribution is 0.633. The number of imidazole rings is 1. The van der Waals surface area contributed by atoms with Crippen molar-refractivity contribution < 1.29 is 8.83 Å². The van der Waals surface area contributed by atoms with E-state index in [-0.39, 0.29) is 11.8 Å². The van der Waals surface area contributed by atoms with Gasteiger partial charge in [-0.25, -0.2) is 4.98 Å². The Kier molecular flexibility index (Phi) is 6.38. The molecule has 0 N–H and O–H groups in total. The summed E-state index contributed by atoms with van der Waals surface area (Å²) in [5.41, 5.74) is 13.7. The molecule has 9 aromatic rings. The van der Waals surface area contributed by atoms with Crippen molar-refractivity contribution in [3.05, 3.63) is 132 Å². The summed E-state index contributed by atoms with van der Waals surface area (Å²) in [5, 5.41) is 4.23. The van der Waals surface area contributed by atoms with Crippen LogP contribution in [0.5, 0.6) is 0 Å². The Hall–Kier alpha value is -5.61. The van der Waals surface area contributed by atoms with Crippen molar-refractivity contribution in [2.45, 2.75) is 46.5 Å². The van der Waals surface area contributed by atoms with Gasteiger partial charge in [0.2, 0.25) is 0 Å². The first-order valence-electron chi connectivity index (χ1n) is 16.9. The maximum absolute atomic E-state index is 6.88. The van der Waals surface area contributed by atoms with Gasteiger partial charge < -0.3 is 8.83 Å². The van der Waals surface area contributed by atoms with Gasteiger partial charge in [-0.2, -0.15) is 0 Å².